The van der Waals surface area contributed by atoms with E-state index in [1.165, 1.54) is 25.3 Å². The molecule has 0 bridgehead atoms. The van der Waals surface area contributed by atoms with E-state index in [1.54, 1.807) is 19.9 Å². The van der Waals surface area contributed by atoms with Gasteiger partial charge in [-0.15, -0.1) is 0 Å². The highest BCUT2D eigenvalue weighted by Crippen LogP contribution is 2.89. The van der Waals surface area contributed by atoms with Crippen LogP contribution in [0, 0.1) is 50.7 Å². The monoisotopic (exact) mass is 1120 g/mol. The standard InChI is InChI=1S/C57H84O22/c1-25-37-30(78-57(69)46(25)79-52(4,5)50(57)68)20-54(7)34-13-12-33-51(2,3)35(15-16-55(33)24-56(34,55)18-17-53(37,54)6)75-48-44(38(62)28(60)22-72-48)77-49-45(42(66)39(63)31(21-58)73-49)76-47-43(67)41(65)40(64)32(74-47)23-71-36(61)14-10-26-9-11-29(70-8)27(59)19-26/h9-11,14,19,25,28,30-35,37-50,58-60,62-69H,12-13,15-18,20-24H2,1-8H3/b14-10+/t25?,28-,30+,31-,32-,33?,34+,35+,37?,38+,39-,40-,41+,42+,43-,44-,45-,46-,47+,48+,49+,50-,53-,54+,55-,56+,57+/m1/s1. The lowest BCUT2D eigenvalue weighted by molar-refractivity contribution is -0.392. The van der Waals surface area contributed by atoms with E-state index in [9.17, 15) is 61.0 Å². The van der Waals surface area contributed by atoms with Gasteiger partial charge in [-0.3, -0.25) is 0 Å². The minimum Gasteiger partial charge on any atom is -0.504 e. The van der Waals surface area contributed by atoms with Gasteiger partial charge < -0.3 is 104 Å². The van der Waals surface area contributed by atoms with Gasteiger partial charge in [-0.25, -0.2) is 4.79 Å². The van der Waals surface area contributed by atoms with Crippen molar-refractivity contribution in [2.45, 2.75) is 222 Å². The van der Waals surface area contributed by atoms with Gasteiger partial charge in [0, 0.05) is 6.08 Å². The molecule has 22 heteroatoms. The predicted octanol–water partition coefficient (Wildman–Crippen LogP) is 0.748. The zero-order valence-electron chi connectivity index (χ0n) is 46.3. The summed E-state index contributed by atoms with van der Waals surface area (Å²) in [5.74, 6) is -1.85. The number of esters is 1. The van der Waals surface area contributed by atoms with Crippen LogP contribution in [0.4, 0.5) is 0 Å². The fourth-order valence-electron chi connectivity index (χ4n) is 18.0. The Balaban J connectivity index is 0.777. The smallest absolute Gasteiger partial charge is 0.330 e. The summed E-state index contributed by atoms with van der Waals surface area (Å²) in [6.45, 7) is 13.3. The van der Waals surface area contributed by atoms with Crippen LogP contribution >= 0.6 is 0 Å². The van der Waals surface area contributed by atoms with Crippen LogP contribution in [0.15, 0.2) is 24.3 Å². The number of benzene rings is 1. The van der Waals surface area contributed by atoms with Gasteiger partial charge in [0.2, 0.25) is 5.79 Å². The lowest BCUT2D eigenvalue weighted by Crippen LogP contribution is -2.66. The number of phenolic OH excluding ortho intramolecular Hbond substituents is 1. The number of hydrogen-bond donors (Lipinski definition) is 11. The van der Waals surface area contributed by atoms with Crippen molar-refractivity contribution in [3.05, 3.63) is 29.8 Å². The van der Waals surface area contributed by atoms with Gasteiger partial charge in [0.05, 0.1) is 38.1 Å². The van der Waals surface area contributed by atoms with E-state index in [-0.39, 0.29) is 63.6 Å². The molecule has 2 spiro atoms. The molecular formula is C57H84O22. The number of phenols is 1. The van der Waals surface area contributed by atoms with Crippen molar-refractivity contribution in [1.29, 1.82) is 0 Å². The molecule has 27 atom stereocenters. The van der Waals surface area contributed by atoms with Crippen molar-refractivity contribution in [2.24, 2.45) is 50.7 Å². The summed E-state index contributed by atoms with van der Waals surface area (Å²) in [5, 5.41) is 122. The largest absolute Gasteiger partial charge is 0.504 e. The van der Waals surface area contributed by atoms with E-state index in [0.717, 1.165) is 51.0 Å². The third-order valence-electron chi connectivity index (χ3n) is 22.2. The first-order chi connectivity index (χ1) is 37.1. The summed E-state index contributed by atoms with van der Waals surface area (Å²) in [7, 11) is 1.39. The SMILES string of the molecule is COc1ccc(/C=C/C(=O)OC[C@H]2O[C@@H](O[C@H]3[C@H](O[C@H]4[C@H](O[C@H]5CC[C@]67C[C@]68CC[C@]6(C)C9C(C)[C@H]%10OC(C)(C)[C@@H](O)[C@@]%10(O)O[C@H]9C[C@@]6(C)[C@@H]8CCC7C5(C)C)OC[C@@H](O)[C@@H]4O)O[C@H](CO)[C@@H](O)[C@@H]3O)[C@H](O)[C@@H](O)[C@@H]2O)cc1O. The first-order valence-corrected chi connectivity index (χ1v) is 28.4. The summed E-state index contributed by atoms with van der Waals surface area (Å²) in [6, 6.07) is 4.43. The van der Waals surface area contributed by atoms with Gasteiger partial charge in [0.1, 0.15) is 86.0 Å². The summed E-state index contributed by atoms with van der Waals surface area (Å²) in [6.07, 6.45) is -16.6. The van der Waals surface area contributed by atoms with Crippen LogP contribution in [0.1, 0.15) is 105 Å². The molecule has 5 saturated heterocycles. The van der Waals surface area contributed by atoms with Gasteiger partial charge in [0.15, 0.2) is 30.4 Å². The minimum absolute atomic E-state index is 0.0389. The second kappa shape index (κ2) is 20.2. The third-order valence-corrected chi connectivity index (χ3v) is 22.2. The zero-order chi connectivity index (χ0) is 56.9. The zero-order valence-corrected chi connectivity index (χ0v) is 46.3. The van der Waals surface area contributed by atoms with Crippen molar-refractivity contribution in [1.82, 2.24) is 0 Å². The Morgan fingerprint density at radius 1 is 0.747 bits per heavy atom. The molecule has 11 rings (SSSR count). The van der Waals surface area contributed by atoms with Crippen LogP contribution in [-0.2, 0) is 47.4 Å². The Labute approximate surface area is 459 Å². The second-order valence-electron chi connectivity index (χ2n) is 26.6. The number of methoxy groups -OCH3 is 1. The number of ether oxygens (including phenoxy) is 10. The topological polar surface area (TPSA) is 332 Å². The molecule has 0 aromatic heterocycles. The number of carbonyl (C=O) groups is 1. The van der Waals surface area contributed by atoms with Crippen LogP contribution in [-0.4, -0.2) is 211 Å². The minimum atomic E-state index is -1.99. The molecule has 11 N–H and O–H groups in total. The fraction of sp³-hybridized carbons (Fsp3) is 0.842. The molecule has 22 nitrogen and oxygen atoms in total. The van der Waals surface area contributed by atoms with Crippen LogP contribution in [0.5, 0.6) is 11.5 Å². The highest BCUT2D eigenvalue weighted by Gasteiger charge is 2.84. The molecule has 5 aliphatic heterocycles. The average molecular weight is 1120 g/mol. The van der Waals surface area contributed by atoms with Crippen LogP contribution < -0.4 is 4.74 Å². The first-order valence-electron chi connectivity index (χ1n) is 28.4. The van der Waals surface area contributed by atoms with Gasteiger partial charge >= 0.3 is 5.97 Å². The Morgan fingerprint density at radius 3 is 2.13 bits per heavy atom. The Kier molecular flexibility index (Phi) is 14.9. The van der Waals surface area contributed by atoms with E-state index in [4.69, 9.17) is 47.4 Å². The van der Waals surface area contributed by atoms with E-state index in [2.05, 4.69) is 34.6 Å². The van der Waals surface area contributed by atoms with Gasteiger partial charge in [-0.1, -0.05) is 40.7 Å². The maximum absolute atomic E-state index is 12.7. The number of rotatable bonds is 12. The fourth-order valence-corrected chi connectivity index (χ4v) is 18.0. The molecule has 3 unspecified atom stereocenters. The number of aliphatic hydroxyl groups is 10. The molecular weight excluding hydrogens is 1040 g/mol. The van der Waals surface area contributed by atoms with Crippen molar-refractivity contribution in [2.75, 3.05) is 26.9 Å². The van der Waals surface area contributed by atoms with Crippen molar-refractivity contribution >= 4 is 12.0 Å². The maximum Gasteiger partial charge on any atom is 0.330 e. The summed E-state index contributed by atoms with van der Waals surface area (Å²) in [4.78, 5) is 12.7. The lowest BCUT2D eigenvalue weighted by atomic mass is 9.41. The molecule has 5 aliphatic carbocycles. The Bertz CT molecular complexity index is 2460. The highest BCUT2D eigenvalue weighted by molar-refractivity contribution is 5.87. The Morgan fingerprint density at radius 2 is 1.42 bits per heavy atom. The molecule has 1 aromatic rings. The van der Waals surface area contributed by atoms with E-state index in [1.807, 2.05) is 0 Å². The number of aromatic hydroxyl groups is 1. The van der Waals surface area contributed by atoms with Gasteiger partial charge in [-0.2, -0.15) is 0 Å². The highest BCUT2D eigenvalue weighted by atomic mass is 16.8. The van der Waals surface area contributed by atoms with E-state index >= 15 is 0 Å². The van der Waals surface area contributed by atoms with Gasteiger partial charge in [0.25, 0.3) is 0 Å². The summed E-state index contributed by atoms with van der Waals surface area (Å²) < 4.78 is 60.7. The molecule has 10 aliphatic rings. The molecule has 5 heterocycles. The number of aliphatic hydroxyl groups excluding tert-OH is 9. The number of fused-ring (bicyclic) bond motifs is 5. The van der Waals surface area contributed by atoms with Gasteiger partial charge in [-0.05, 0) is 140 Å². The molecule has 0 radical (unpaired) electrons. The average Bonchev–Trinajstić information content (AvgIpc) is 1.64. The molecule has 444 valence electrons. The van der Waals surface area contributed by atoms with Crippen LogP contribution in [0.3, 0.4) is 0 Å². The maximum atomic E-state index is 12.7. The molecule has 79 heavy (non-hydrogen) atoms. The van der Waals surface area contributed by atoms with E-state index in [0.29, 0.717) is 17.9 Å². The summed E-state index contributed by atoms with van der Waals surface area (Å²) >= 11 is 0. The molecule has 10 fully saturated rings. The van der Waals surface area contributed by atoms with Crippen LogP contribution in [0.25, 0.3) is 6.08 Å². The first kappa shape index (κ1) is 58.1. The number of hydrogen-bond acceptors (Lipinski definition) is 22. The third kappa shape index (κ3) is 8.81. The van der Waals surface area contributed by atoms with Crippen LogP contribution in [0.2, 0.25) is 0 Å². The summed E-state index contributed by atoms with van der Waals surface area (Å²) in [5.41, 5.74) is -0.986. The van der Waals surface area contributed by atoms with Crippen molar-refractivity contribution in [3.8, 4) is 11.5 Å². The van der Waals surface area contributed by atoms with Crippen molar-refractivity contribution in [3.63, 3.8) is 0 Å². The molecule has 1 aromatic carbocycles. The Hall–Kier alpha value is -2.69. The molecule has 0 amide bonds. The molecule has 5 saturated carbocycles. The normalized spacial score (nSPS) is 52.2. The lowest BCUT2D eigenvalue weighted by Gasteiger charge is -2.63. The van der Waals surface area contributed by atoms with Crippen molar-refractivity contribution < 1.29 is 108 Å². The quantitative estimate of drug-likeness (QED) is 0.0781. The van der Waals surface area contributed by atoms with E-state index < -0.39 is 140 Å². The second-order valence-corrected chi connectivity index (χ2v) is 26.6. The predicted molar refractivity (Wildman–Crippen MR) is 272 cm³/mol. The number of carbonyl (C=O) groups excluding carboxylic acids is 1.